The van der Waals surface area contributed by atoms with E-state index in [0.29, 0.717) is 11.5 Å². The van der Waals surface area contributed by atoms with Crippen molar-refractivity contribution in [2.75, 3.05) is 6.54 Å². The maximum Gasteiger partial charge on any atom is 0.411 e. The number of rotatable bonds is 2. The zero-order chi connectivity index (χ0) is 15.3. The van der Waals surface area contributed by atoms with Crippen molar-refractivity contribution in [1.82, 2.24) is 9.96 Å². The molecule has 0 aromatic rings. The summed E-state index contributed by atoms with van der Waals surface area (Å²) in [5.74, 6) is -0.738. The van der Waals surface area contributed by atoms with Gasteiger partial charge in [0.15, 0.2) is 0 Å². The van der Waals surface area contributed by atoms with Crippen LogP contribution in [-0.2, 0) is 24.2 Å². The lowest BCUT2D eigenvalue weighted by Crippen LogP contribution is -2.67. The van der Waals surface area contributed by atoms with Crippen molar-refractivity contribution in [3.63, 3.8) is 0 Å². The van der Waals surface area contributed by atoms with E-state index in [1.807, 2.05) is 0 Å². The zero-order valence-corrected chi connectivity index (χ0v) is 12.0. The van der Waals surface area contributed by atoms with Crippen LogP contribution < -0.4 is 0 Å². The normalized spacial score (nSPS) is 26.3. The fourth-order valence-corrected chi connectivity index (χ4v) is 2.63. The number of carbonyl (C=O) groups excluding carboxylic acids is 2. The number of carbonyl (C=O) groups is 2. The highest BCUT2D eigenvalue weighted by Gasteiger charge is 2.58. The summed E-state index contributed by atoms with van der Waals surface area (Å²) in [6.45, 7) is 5.32. The van der Waals surface area contributed by atoms with Gasteiger partial charge in [-0.05, 0) is 27.2 Å². The molecule has 2 rings (SSSR count). The third-order valence-corrected chi connectivity index (χ3v) is 3.28. The Kier molecular flexibility index (Phi) is 3.43. The molecular formula is C10H15N2O7S-. The summed E-state index contributed by atoms with van der Waals surface area (Å²) in [4.78, 5) is 24.9. The van der Waals surface area contributed by atoms with Gasteiger partial charge >= 0.3 is 6.09 Å². The molecule has 2 unspecified atom stereocenters. The van der Waals surface area contributed by atoms with Crippen molar-refractivity contribution in [3.8, 4) is 0 Å². The highest BCUT2D eigenvalue weighted by atomic mass is 32.3. The van der Waals surface area contributed by atoms with Gasteiger partial charge in [0.05, 0.1) is 6.04 Å². The van der Waals surface area contributed by atoms with Gasteiger partial charge in [-0.1, -0.05) is 0 Å². The van der Waals surface area contributed by atoms with E-state index in [1.54, 1.807) is 20.8 Å². The monoisotopic (exact) mass is 307 g/mol. The summed E-state index contributed by atoms with van der Waals surface area (Å²) >= 11 is 0. The Hall–Kier alpha value is -1.39. The number of fused-ring (bicyclic) bond motifs is 1. The maximum absolute atomic E-state index is 11.9. The molecule has 2 fully saturated rings. The van der Waals surface area contributed by atoms with Crippen LogP contribution >= 0.6 is 0 Å². The lowest BCUT2D eigenvalue weighted by Gasteiger charge is -2.43. The van der Waals surface area contributed by atoms with E-state index in [4.69, 9.17) is 4.74 Å². The Labute approximate surface area is 116 Å². The van der Waals surface area contributed by atoms with Crippen molar-refractivity contribution in [2.24, 2.45) is 0 Å². The van der Waals surface area contributed by atoms with Crippen LogP contribution in [0.1, 0.15) is 27.2 Å². The molecule has 114 valence electrons. The van der Waals surface area contributed by atoms with Gasteiger partial charge < -0.3 is 9.29 Å². The molecule has 0 bridgehead atoms. The molecule has 2 saturated heterocycles. The quantitative estimate of drug-likeness (QED) is 0.387. The van der Waals surface area contributed by atoms with Crippen molar-refractivity contribution >= 4 is 22.4 Å². The van der Waals surface area contributed by atoms with E-state index >= 15 is 0 Å². The van der Waals surface area contributed by atoms with Gasteiger partial charge in [0, 0.05) is 6.54 Å². The van der Waals surface area contributed by atoms with Crippen molar-refractivity contribution in [1.29, 1.82) is 0 Å². The van der Waals surface area contributed by atoms with E-state index in [2.05, 4.69) is 4.28 Å². The summed E-state index contributed by atoms with van der Waals surface area (Å²) in [6, 6.07) is -1.45. The lowest BCUT2D eigenvalue weighted by molar-refractivity contribution is -0.199. The minimum Gasteiger partial charge on any atom is -0.724 e. The van der Waals surface area contributed by atoms with Crippen molar-refractivity contribution in [2.45, 2.75) is 44.9 Å². The van der Waals surface area contributed by atoms with Gasteiger partial charge in [0.2, 0.25) is 10.4 Å². The van der Waals surface area contributed by atoms with E-state index in [-0.39, 0.29) is 6.54 Å². The summed E-state index contributed by atoms with van der Waals surface area (Å²) in [6.07, 6.45) is -0.325. The number of hydrogen-bond acceptors (Lipinski definition) is 7. The molecule has 0 N–H and O–H groups in total. The summed E-state index contributed by atoms with van der Waals surface area (Å²) < 4.78 is 40.7. The van der Waals surface area contributed by atoms with E-state index in [0.717, 1.165) is 0 Å². The highest BCUT2D eigenvalue weighted by Crippen LogP contribution is 2.35. The molecule has 0 spiro atoms. The largest absolute Gasteiger partial charge is 0.724 e. The number of β-lactam (4-membered cyclic amide) rings is 1. The van der Waals surface area contributed by atoms with Crippen LogP contribution in [-0.4, -0.2) is 59.2 Å². The molecule has 0 aliphatic carbocycles. The van der Waals surface area contributed by atoms with Crippen LogP contribution in [0.15, 0.2) is 0 Å². The SMILES string of the molecule is CC(C)(C)OC(=O)N1CCC2C1C(=O)N2OS(=O)(=O)[O-]. The van der Waals surface area contributed by atoms with Crippen LogP contribution in [0.3, 0.4) is 0 Å². The number of amides is 2. The molecular weight excluding hydrogens is 292 g/mol. The lowest BCUT2D eigenvalue weighted by atomic mass is 10.00. The zero-order valence-electron chi connectivity index (χ0n) is 11.2. The van der Waals surface area contributed by atoms with Gasteiger partial charge in [-0.25, -0.2) is 13.2 Å². The molecule has 0 radical (unpaired) electrons. The summed E-state index contributed by atoms with van der Waals surface area (Å²) in [7, 11) is -5.00. The van der Waals surface area contributed by atoms with Crippen LogP contribution in [0, 0.1) is 0 Å². The third-order valence-electron chi connectivity index (χ3n) is 2.94. The second kappa shape index (κ2) is 4.57. The Balaban J connectivity index is 2.04. The number of likely N-dealkylation sites (tertiary alicyclic amines) is 1. The average Bonchev–Trinajstić information content (AvgIpc) is 2.62. The molecule has 2 atom stereocenters. The van der Waals surface area contributed by atoms with Crippen LogP contribution in [0.4, 0.5) is 4.79 Å². The first-order chi connectivity index (χ1) is 8.99. The smallest absolute Gasteiger partial charge is 0.411 e. The minimum atomic E-state index is -5.00. The van der Waals surface area contributed by atoms with E-state index in [1.165, 1.54) is 4.90 Å². The van der Waals surface area contributed by atoms with Crippen LogP contribution in [0.2, 0.25) is 0 Å². The Morgan fingerprint density at radius 2 is 2.00 bits per heavy atom. The van der Waals surface area contributed by atoms with Crippen molar-refractivity contribution in [3.05, 3.63) is 0 Å². The van der Waals surface area contributed by atoms with E-state index < -0.39 is 40.1 Å². The first-order valence-electron chi connectivity index (χ1n) is 5.98. The fourth-order valence-electron chi connectivity index (χ4n) is 2.25. The van der Waals surface area contributed by atoms with Gasteiger partial charge in [-0.3, -0.25) is 9.69 Å². The second-order valence-electron chi connectivity index (χ2n) is 5.62. The van der Waals surface area contributed by atoms with E-state index in [9.17, 15) is 22.6 Å². The standard InChI is InChI=1S/C10H16N2O7S/c1-10(2,3)18-9(14)11-5-4-6-7(11)8(13)12(6)19-20(15,16)17/h6-7H,4-5H2,1-3H3,(H,15,16,17)/p-1. The molecule has 2 aliphatic heterocycles. The molecule has 2 amide bonds. The topological polar surface area (TPSA) is 116 Å². The van der Waals surface area contributed by atoms with Gasteiger partial charge in [-0.2, -0.15) is 9.35 Å². The molecule has 0 saturated carbocycles. The third kappa shape index (κ3) is 2.86. The predicted molar refractivity (Wildman–Crippen MR) is 62.8 cm³/mol. The molecule has 9 nitrogen and oxygen atoms in total. The molecule has 10 heteroatoms. The maximum atomic E-state index is 11.9. The summed E-state index contributed by atoms with van der Waals surface area (Å²) in [5, 5.41) is 0.511. The Morgan fingerprint density at radius 1 is 1.40 bits per heavy atom. The predicted octanol–water partition coefficient (Wildman–Crippen LogP) is -0.402. The highest BCUT2D eigenvalue weighted by molar-refractivity contribution is 7.80. The van der Waals surface area contributed by atoms with Crippen molar-refractivity contribution < 1.29 is 31.6 Å². The molecule has 2 aliphatic rings. The number of nitrogens with zero attached hydrogens (tertiary/aromatic N) is 2. The van der Waals surface area contributed by atoms with Crippen LogP contribution in [0.25, 0.3) is 0 Å². The molecule has 2 heterocycles. The fraction of sp³-hybridized carbons (Fsp3) is 0.800. The Bertz CT molecular complexity index is 538. The number of ether oxygens (including phenoxy) is 1. The van der Waals surface area contributed by atoms with Gasteiger partial charge in [0.25, 0.3) is 5.91 Å². The first kappa shape index (κ1) is 15.0. The van der Waals surface area contributed by atoms with Crippen LogP contribution in [0.5, 0.6) is 0 Å². The molecule has 20 heavy (non-hydrogen) atoms. The Morgan fingerprint density at radius 3 is 2.50 bits per heavy atom. The molecule has 0 aromatic carbocycles. The summed E-state index contributed by atoms with van der Waals surface area (Å²) in [5.41, 5.74) is -0.698. The average molecular weight is 307 g/mol. The second-order valence-corrected chi connectivity index (χ2v) is 6.59. The first-order valence-corrected chi connectivity index (χ1v) is 7.31. The number of hydroxylamine groups is 2. The van der Waals surface area contributed by atoms with Gasteiger partial charge in [-0.15, -0.1) is 0 Å². The minimum absolute atomic E-state index is 0.231. The number of hydrogen-bond donors (Lipinski definition) is 0. The molecule has 0 aromatic heterocycles. The van der Waals surface area contributed by atoms with Gasteiger partial charge in [0.1, 0.15) is 11.6 Å².